The highest BCUT2D eigenvalue weighted by Gasteiger charge is 2.24. The molecule has 24 nitrogen and oxygen atoms in total. The van der Waals surface area contributed by atoms with Gasteiger partial charge in [-0.05, 0) is 0 Å². The summed E-state index contributed by atoms with van der Waals surface area (Å²) in [6.45, 7) is -1.08. The lowest BCUT2D eigenvalue weighted by Gasteiger charge is -2.33. The van der Waals surface area contributed by atoms with Crippen LogP contribution in [0, 0.1) is 0 Å². The number of hydrogen-bond acceptors (Lipinski definition) is 12. The van der Waals surface area contributed by atoms with E-state index >= 15 is 0 Å². The summed E-state index contributed by atoms with van der Waals surface area (Å²) in [6.07, 6.45) is -3.69. The van der Waals surface area contributed by atoms with E-state index in [-0.39, 0.29) is 95.5 Å². The van der Waals surface area contributed by atoms with Crippen LogP contribution in [-0.2, 0) is 37.4 Å². The molecule has 0 aromatic carbocycles. The van der Waals surface area contributed by atoms with Gasteiger partial charge >= 0.3 is 30.4 Å². The van der Waals surface area contributed by atoms with Crippen LogP contribution < -0.4 is 21.3 Å². The molecule has 0 aliphatic carbocycles. The lowest BCUT2D eigenvalue weighted by atomic mass is 10.3. The topological polar surface area (TPSA) is 359 Å². The van der Waals surface area contributed by atoms with Crippen LogP contribution in [0.4, 0.5) is 0 Å². The van der Waals surface area contributed by atoms with E-state index in [1.165, 1.54) is 0 Å². The Morgan fingerprint density at radius 1 is 0.388 bits per heavy atom. The van der Waals surface area contributed by atoms with Crippen molar-refractivity contribution in [2.24, 2.45) is 0 Å². The highest BCUT2D eigenvalue weighted by molar-refractivity contribution is 8.93. The second kappa shape index (κ2) is 22.0. The molecule has 0 radical (unpaired) electrons. The van der Waals surface area contributed by atoms with Crippen molar-refractivity contribution >= 4 is 71.0 Å². The minimum absolute atomic E-state index is 0. The average Bonchev–Trinajstić information content (AvgIpc) is 2.92. The first kappa shape index (κ1) is 47.8. The third-order valence-electron chi connectivity index (χ3n) is 6.33. The molecule has 0 spiro atoms. The smallest absolute Gasteiger partial charge is 0.343 e. The number of hydrogen-bond donors (Lipinski definition) is 12. The number of rotatable bonds is 16. The molecule has 1 rings (SSSR count). The van der Waals surface area contributed by atoms with E-state index < -0.39 is 79.2 Å². The first-order chi connectivity index (χ1) is 21.9. The first-order valence-electron chi connectivity index (χ1n) is 14.0. The van der Waals surface area contributed by atoms with Crippen LogP contribution in [0.2, 0.25) is 0 Å². The molecule has 0 saturated carbocycles. The normalized spacial score (nSPS) is 17.1. The van der Waals surface area contributed by atoms with Crippen molar-refractivity contribution < 1.29 is 76.6 Å². The van der Waals surface area contributed by atoms with Crippen LogP contribution in [0.15, 0.2) is 0 Å². The summed E-state index contributed by atoms with van der Waals surface area (Å²) in [5.74, 6) is -3.02. The highest BCUT2D eigenvalue weighted by Crippen LogP contribution is 2.33. The average molecular weight is 857 g/mol. The summed E-state index contributed by atoms with van der Waals surface area (Å²) in [5, 5.41) is 8.43. The Morgan fingerprint density at radius 3 is 0.653 bits per heavy atom. The standard InChI is InChI=1S/C20H44N8O16P4.BrH/c29-17(21-13-45(33,34)35)9-25-1-2-26(10-18(30)22-14-46(36,37)38)5-6-28(12-20(32)24-16-48(42,43)44)8-7-27(4-3-25)11-19(31)23-15-47(39,40)41;/h1-16H2,(H,21,29)(H,22,30)(H,23,31)(H,24,32)(H2,33,34,35)(H2,36,37,38)(H2,39,40,41)(H2,42,43,44);1H. The van der Waals surface area contributed by atoms with Crippen molar-refractivity contribution in [1.82, 2.24) is 40.9 Å². The number of halogens is 1. The largest absolute Gasteiger partial charge is 0.344 e. The second-order valence-electron chi connectivity index (χ2n) is 10.8. The maximum atomic E-state index is 12.5. The zero-order valence-corrected chi connectivity index (χ0v) is 31.4. The van der Waals surface area contributed by atoms with Crippen LogP contribution in [0.1, 0.15) is 0 Å². The second-order valence-corrected chi connectivity index (χ2v) is 17.4. The van der Waals surface area contributed by atoms with Gasteiger partial charge in [0.25, 0.3) is 0 Å². The molecule has 1 aliphatic rings. The Balaban J connectivity index is 0.0000230. The van der Waals surface area contributed by atoms with E-state index in [0.717, 1.165) is 0 Å². The van der Waals surface area contributed by atoms with Gasteiger partial charge in [0.1, 0.15) is 25.1 Å². The monoisotopic (exact) mass is 856 g/mol. The molecule has 29 heteroatoms. The Morgan fingerprint density at radius 2 is 0.531 bits per heavy atom. The van der Waals surface area contributed by atoms with Gasteiger partial charge in [-0.1, -0.05) is 0 Å². The SMILES string of the molecule is Br.O=C(CN1CCN(CC(=O)NCP(=O)(O)O)CCN(CC(=O)NCP(=O)(O)O)CCN(CC(=O)NCP(=O)(O)O)CC1)NCP(=O)(O)O. The van der Waals surface area contributed by atoms with Gasteiger partial charge < -0.3 is 60.4 Å². The Kier molecular flexibility index (Phi) is 21.5. The van der Waals surface area contributed by atoms with E-state index in [4.69, 9.17) is 39.1 Å². The van der Waals surface area contributed by atoms with Crippen LogP contribution in [0.25, 0.3) is 0 Å². The van der Waals surface area contributed by atoms with Crippen molar-refractivity contribution in [2.45, 2.75) is 0 Å². The van der Waals surface area contributed by atoms with Gasteiger partial charge in [-0.3, -0.25) is 57.0 Å². The molecule has 1 aliphatic heterocycles. The number of carbonyl (C=O) groups excluding carboxylic acids is 4. The third kappa shape index (κ3) is 27.2. The van der Waals surface area contributed by atoms with Crippen molar-refractivity contribution in [1.29, 1.82) is 0 Å². The van der Waals surface area contributed by atoms with Gasteiger partial charge in [0.2, 0.25) is 23.6 Å². The third-order valence-corrected chi connectivity index (χ3v) is 8.61. The van der Waals surface area contributed by atoms with Crippen molar-refractivity contribution in [3.63, 3.8) is 0 Å². The van der Waals surface area contributed by atoms with Crippen molar-refractivity contribution in [3.05, 3.63) is 0 Å². The lowest BCUT2D eigenvalue weighted by molar-refractivity contribution is -0.124. The maximum Gasteiger partial charge on any atom is 0.344 e. The fourth-order valence-corrected chi connectivity index (χ4v) is 5.54. The lowest BCUT2D eigenvalue weighted by Crippen LogP contribution is -2.51. The molecule has 1 heterocycles. The van der Waals surface area contributed by atoms with Gasteiger partial charge in [0, 0.05) is 52.4 Å². The maximum absolute atomic E-state index is 12.5. The predicted molar refractivity (Wildman–Crippen MR) is 176 cm³/mol. The fourth-order valence-electron chi connectivity index (χ4n) is 4.01. The van der Waals surface area contributed by atoms with Crippen molar-refractivity contribution in [2.75, 3.05) is 104 Å². The van der Waals surface area contributed by atoms with Gasteiger partial charge in [-0.2, -0.15) is 0 Å². The molecule has 1 saturated heterocycles. The summed E-state index contributed by atoms with van der Waals surface area (Å²) in [6, 6.07) is 0. The molecular formula is C20H45BrN8O16P4. The van der Waals surface area contributed by atoms with Gasteiger partial charge in [-0.25, -0.2) is 0 Å². The zero-order chi connectivity index (χ0) is 36.8. The summed E-state index contributed by atoms with van der Waals surface area (Å²) in [5.41, 5.74) is 0. The highest BCUT2D eigenvalue weighted by atomic mass is 79.9. The Labute approximate surface area is 291 Å². The number of carbonyl (C=O) groups is 4. The predicted octanol–water partition coefficient (Wildman–Crippen LogP) is -5.21. The van der Waals surface area contributed by atoms with Crippen LogP contribution in [0.5, 0.6) is 0 Å². The van der Waals surface area contributed by atoms with E-state index in [9.17, 15) is 37.4 Å². The number of nitrogens with one attached hydrogen (secondary N) is 4. The van der Waals surface area contributed by atoms with Crippen LogP contribution in [-0.4, -0.2) is 186 Å². The van der Waals surface area contributed by atoms with E-state index in [1.54, 1.807) is 19.6 Å². The molecule has 0 unspecified atom stereocenters. The Hall–Kier alpha value is -1.20. The quantitative estimate of drug-likeness (QED) is 0.0646. The molecular weight excluding hydrogens is 812 g/mol. The Bertz CT molecular complexity index is 1080. The minimum atomic E-state index is -4.57. The molecule has 12 N–H and O–H groups in total. The van der Waals surface area contributed by atoms with E-state index in [0.29, 0.717) is 0 Å². The molecule has 49 heavy (non-hydrogen) atoms. The summed E-state index contributed by atoms with van der Waals surface area (Å²) in [4.78, 5) is 129. The summed E-state index contributed by atoms with van der Waals surface area (Å²) in [7, 11) is -18.3. The molecule has 0 aromatic heterocycles. The first-order valence-corrected chi connectivity index (χ1v) is 21.2. The van der Waals surface area contributed by atoms with Crippen LogP contribution in [0.3, 0.4) is 0 Å². The van der Waals surface area contributed by atoms with Crippen molar-refractivity contribution in [3.8, 4) is 0 Å². The molecule has 1 fully saturated rings. The number of nitrogens with zero attached hydrogens (tertiary/aromatic N) is 4. The molecule has 0 aromatic rings. The summed E-state index contributed by atoms with van der Waals surface area (Å²) >= 11 is 0. The molecule has 0 bridgehead atoms. The zero-order valence-electron chi connectivity index (χ0n) is 26.1. The van der Waals surface area contributed by atoms with E-state index in [2.05, 4.69) is 21.3 Å². The number of amides is 4. The van der Waals surface area contributed by atoms with Crippen LogP contribution >= 0.6 is 47.4 Å². The molecule has 288 valence electrons. The summed E-state index contributed by atoms with van der Waals surface area (Å²) < 4.78 is 44.8. The minimum Gasteiger partial charge on any atom is -0.343 e. The van der Waals surface area contributed by atoms with Gasteiger partial charge in [0.15, 0.2) is 0 Å². The van der Waals surface area contributed by atoms with Gasteiger partial charge in [-0.15, -0.1) is 17.0 Å². The molecule has 4 amide bonds. The fraction of sp³-hybridized carbons (Fsp3) is 0.800. The van der Waals surface area contributed by atoms with E-state index in [1.807, 2.05) is 0 Å². The molecule has 0 atom stereocenters. The van der Waals surface area contributed by atoms with Gasteiger partial charge in [0.05, 0.1) is 26.2 Å².